The minimum Gasteiger partial charge on any atom is -0.493 e. The van der Waals surface area contributed by atoms with E-state index < -0.39 is 0 Å². The molecule has 0 aliphatic carbocycles. The summed E-state index contributed by atoms with van der Waals surface area (Å²) in [7, 11) is 1.63. The monoisotopic (exact) mass is 431 g/mol. The minimum absolute atomic E-state index is 0.562. The third kappa shape index (κ3) is 4.79. The zero-order valence-electron chi connectivity index (χ0n) is 17.8. The first-order valence-electron chi connectivity index (χ1n) is 10.4. The van der Waals surface area contributed by atoms with Crippen molar-refractivity contribution < 1.29 is 9.47 Å². The summed E-state index contributed by atoms with van der Waals surface area (Å²) in [4.78, 5) is 8.35. The molecular formula is C25H25N3O2S. The number of thiophene rings is 1. The number of methoxy groups -OCH3 is 1. The highest BCUT2D eigenvalue weighted by atomic mass is 32.1. The molecule has 0 radical (unpaired) electrons. The number of nitriles is 1. The lowest BCUT2D eigenvalue weighted by atomic mass is 10.0. The second kappa shape index (κ2) is 9.78. The fourth-order valence-electron chi connectivity index (χ4n) is 3.80. The predicted molar refractivity (Wildman–Crippen MR) is 125 cm³/mol. The predicted octanol–water partition coefficient (Wildman–Crippen LogP) is 5.34. The van der Waals surface area contributed by atoms with Gasteiger partial charge in [0.1, 0.15) is 11.1 Å². The van der Waals surface area contributed by atoms with Gasteiger partial charge in [-0.3, -0.25) is 4.90 Å². The Hall–Kier alpha value is -3.14. The van der Waals surface area contributed by atoms with Crippen LogP contribution in [0.2, 0.25) is 0 Å². The van der Waals surface area contributed by atoms with E-state index in [-0.39, 0.29) is 0 Å². The van der Waals surface area contributed by atoms with Crippen LogP contribution in [-0.4, -0.2) is 31.4 Å². The molecule has 1 aliphatic rings. The van der Waals surface area contributed by atoms with Gasteiger partial charge in [0.15, 0.2) is 11.5 Å². The van der Waals surface area contributed by atoms with E-state index in [0.717, 1.165) is 42.2 Å². The molecule has 0 bridgehead atoms. The Morgan fingerprint density at radius 2 is 2.03 bits per heavy atom. The molecule has 1 aliphatic heterocycles. The number of ether oxygens (including phenoxy) is 2. The fraction of sp³-hybridized carbons (Fsp3) is 0.280. The van der Waals surface area contributed by atoms with Crippen LogP contribution >= 0.6 is 11.3 Å². The molecule has 0 saturated heterocycles. The number of hydrogen-bond donors (Lipinski definition) is 0. The molecule has 0 saturated carbocycles. The van der Waals surface area contributed by atoms with Crippen LogP contribution in [0, 0.1) is 11.3 Å². The van der Waals surface area contributed by atoms with Gasteiger partial charge < -0.3 is 9.47 Å². The maximum Gasteiger partial charge on any atom is 0.161 e. The molecule has 0 N–H and O–H groups in total. The third-order valence-electron chi connectivity index (χ3n) is 5.30. The summed E-state index contributed by atoms with van der Waals surface area (Å²) in [5, 5.41) is 10.6. The quantitative estimate of drug-likeness (QED) is 0.474. The SMILES string of the molecule is CCOc1cc(C=Nc2sc3c(c2C#N)CCN(Cc2ccccc2)C3)ccc1OC. The van der Waals surface area contributed by atoms with Crippen molar-refractivity contribution in [1.82, 2.24) is 4.90 Å². The molecule has 2 heterocycles. The second-order valence-corrected chi connectivity index (χ2v) is 8.43. The molecule has 6 heteroatoms. The van der Waals surface area contributed by atoms with Gasteiger partial charge >= 0.3 is 0 Å². The van der Waals surface area contributed by atoms with Gasteiger partial charge in [-0.05, 0) is 48.2 Å². The normalized spacial score (nSPS) is 13.7. The smallest absolute Gasteiger partial charge is 0.161 e. The van der Waals surface area contributed by atoms with Crippen LogP contribution in [0.4, 0.5) is 5.00 Å². The van der Waals surface area contributed by atoms with Crippen molar-refractivity contribution >= 4 is 22.6 Å². The largest absolute Gasteiger partial charge is 0.493 e. The van der Waals surface area contributed by atoms with E-state index in [1.54, 1.807) is 24.7 Å². The number of fused-ring (bicyclic) bond motifs is 1. The van der Waals surface area contributed by atoms with E-state index in [0.29, 0.717) is 23.7 Å². The first-order valence-corrected chi connectivity index (χ1v) is 11.2. The fourth-order valence-corrected chi connectivity index (χ4v) is 4.98. The third-order valence-corrected chi connectivity index (χ3v) is 6.42. The molecule has 0 fully saturated rings. The molecule has 4 rings (SSSR count). The Morgan fingerprint density at radius 3 is 2.77 bits per heavy atom. The van der Waals surface area contributed by atoms with Crippen molar-refractivity contribution in [2.24, 2.45) is 4.99 Å². The van der Waals surface area contributed by atoms with Crippen LogP contribution in [0.3, 0.4) is 0 Å². The van der Waals surface area contributed by atoms with Gasteiger partial charge in [-0.15, -0.1) is 11.3 Å². The van der Waals surface area contributed by atoms with Gasteiger partial charge in [0.05, 0.1) is 19.3 Å². The van der Waals surface area contributed by atoms with Crippen molar-refractivity contribution in [2.45, 2.75) is 26.4 Å². The zero-order chi connectivity index (χ0) is 21.6. The van der Waals surface area contributed by atoms with E-state index in [9.17, 15) is 5.26 Å². The van der Waals surface area contributed by atoms with Crippen LogP contribution in [0.25, 0.3) is 0 Å². The van der Waals surface area contributed by atoms with Crippen molar-refractivity contribution in [1.29, 1.82) is 5.26 Å². The van der Waals surface area contributed by atoms with Crippen molar-refractivity contribution in [3.63, 3.8) is 0 Å². The van der Waals surface area contributed by atoms with Crippen molar-refractivity contribution in [2.75, 3.05) is 20.3 Å². The van der Waals surface area contributed by atoms with Crippen molar-refractivity contribution in [3.05, 3.63) is 75.7 Å². The Bertz CT molecular complexity index is 1120. The average Bonchev–Trinajstić information content (AvgIpc) is 3.15. The van der Waals surface area contributed by atoms with Gasteiger partial charge in [0.25, 0.3) is 0 Å². The van der Waals surface area contributed by atoms with E-state index in [1.807, 2.05) is 31.2 Å². The van der Waals surface area contributed by atoms with Gasteiger partial charge in [-0.25, -0.2) is 4.99 Å². The zero-order valence-corrected chi connectivity index (χ0v) is 18.6. The summed E-state index contributed by atoms with van der Waals surface area (Å²) >= 11 is 1.62. The van der Waals surface area contributed by atoms with Crippen molar-refractivity contribution in [3.8, 4) is 17.6 Å². The second-order valence-electron chi connectivity index (χ2n) is 7.34. The molecule has 3 aromatic rings. The summed E-state index contributed by atoms with van der Waals surface area (Å²) in [5.41, 5.74) is 4.10. The molecule has 1 aromatic heterocycles. The highest BCUT2D eigenvalue weighted by molar-refractivity contribution is 7.16. The van der Waals surface area contributed by atoms with Gasteiger partial charge in [-0.1, -0.05) is 30.3 Å². The Morgan fingerprint density at radius 1 is 1.19 bits per heavy atom. The van der Waals surface area contributed by atoms with Crippen LogP contribution in [0.1, 0.15) is 34.1 Å². The van der Waals surface area contributed by atoms with E-state index in [2.05, 4.69) is 40.2 Å². The number of nitrogens with zero attached hydrogens (tertiary/aromatic N) is 3. The van der Waals surface area contributed by atoms with Gasteiger partial charge in [-0.2, -0.15) is 5.26 Å². The Labute approximate surface area is 187 Å². The van der Waals surface area contributed by atoms with Gasteiger partial charge in [0.2, 0.25) is 0 Å². The lowest BCUT2D eigenvalue weighted by Gasteiger charge is -2.26. The van der Waals surface area contributed by atoms with Crippen LogP contribution in [0.15, 0.2) is 53.5 Å². The van der Waals surface area contributed by atoms with Crippen LogP contribution < -0.4 is 9.47 Å². The molecule has 0 unspecified atom stereocenters. The topological polar surface area (TPSA) is 57.8 Å². The lowest BCUT2D eigenvalue weighted by molar-refractivity contribution is 0.249. The molecule has 31 heavy (non-hydrogen) atoms. The molecule has 5 nitrogen and oxygen atoms in total. The van der Waals surface area contributed by atoms with Crippen LogP contribution in [0.5, 0.6) is 11.5 Å². The lowest BCUT2D eigenvalue weighted by Crippen LogP contribution is -2.29. The molecule has 0 amide bonds. The Kier molecular flexibility index (Phi) is 6.66. The summed E-state index contributed by atoms with van der Waals surface area (Å²) in [6.07, 6.45) is 2.68. The first kappa shape index (κ1) is 21.1. The van der Waals surface area contributed by atoms with E-state index in [1.165, 1.54) is 10.4 Å². The standard InChI is InChI=1S/C25H25N3O2S/c1-3-30-23-13-19(9-10-22(23)29-2)15-27-25-21(14-26)20-11-12-28(17-24(20)31-25)16-18-7-5-4-6-8-18/h4-10,13,15H,3,11-12,16-17H2,1-2H3. The molecule has 2 aromatic carbocycles. The molecular weight excluding hydrogens is 406 g/mol. The average molecular weight is 432 g/mol. The summed E-state index contributed by atoms with van der Waals surface area (Å²) in [6.45, 7) is 5.23. The number of hydrogen-bond acceptors (Lipinski definition) is 6. The molecule has 158 valence electrons. The summed E-state index contributed by atoms with van der Waals surface area (Å²) in [5.74, 6) is 1.39. The highest BCUT2D eigenvalue weighted by Crippen LogP contribution is 2.39. The van der Waals surface area contributed by atoms with Crippen LogP contribution in [-0.2, 0) is 19.5 Å². The maximum absolute atomic E-state index is 9.78. The summed E-state index contributed by atoms with van der Waals surface area (Å²) < 4.78 is 11.0. The van der Waals surface area contributed by atoms with E-state index >= 15 is 0 Å². The number of rotatable bonds is 7. The maximum atomic E-state index is 9.78. The molecule has 0 atom stereocenters. The van der Waals surface area contributed by atoms with E-state index in [4.69, 9.17) is 9.47 Å². The first-order chi connectivity index (χ1) is 15.2. The summed E-state index contributed by atoms with van der Waals surface area (Å²) in [6, 6.07) is 18.6. The highest BCUT2D eigenvalue weighted by Gasteiger charge is 2.24. The Balaban J connectivity index is 1.54. The minimum atomic E-state index is 0.562. The number of benzene rings is 2. The number of aliphatic imine (C=N–C) groups is 1. The van der Waals surface area contributed by atoms with Gasteiger partial charge in [0, 0.05) is 30.7 Å². The molecule has 0 spiro atoms.